The van der Waals surface area contributed by atoms with Gasteiger partial charge in [-0.2, -0.15) is 0 Å². The van der Waals surface area contributed by atoms with Gasteiger partial charge in [0.1, 0.15) is 29.1 Å². The maximum Gasteiger partial charge on any atom is 0.300 e. The van der Waals surface area contributed by atoms with E-state index in [1.54, 1.807) is 67.6 Å². The van der Waals surface area contributed by atoms with E-state index in [1.165, 1.54) is 4.90 Å². The summed E-state index contributed by atoms with van der Waals surface area (Å²) >= 11 is 6.14. The van der Waals surface area contributed by atoms with Crippen LogP contribution in [-0.2, 0) is 9.59 Å². The van der Waals surface area contributed by atoms with Crippen molar-refractivity contribution >= 4 is 34.7 Å². The molecule has 4 rings (SSSR count). The zero-order valence-electron chi connectivity index (χ0n) is 18.5. The number of hydrogen-bond acceptors (Lipinski definition) is 5. The van der Waals surface area contributed by atoms with Gasteiger partial charge >= 0.3 is 0 Å². The molecule has 1 aromatic heterocycles. The van der Waals surface area contributed by atoms with Crippen LogP contribution in [0.15, 0.2) is 70.7 Å². The SMILES string of the molecule is Cc1ccc(C2/C(=C(/O)c3ccc(OCC(C)C)cc3)C(=O)C(=O)N2c2cccc(Cl)c2)o1. The van der Waals surface area contributed by atoms with Gasteiger partial charge in [0, 0.05) is 16.3 Å². The van der Waals surface area contributed by atoms with Crippen LogP contribution in [-0.4, -0.2) is 23.4 Å². The minimum atomic E-state index is -0.936. The summed E-state index contributed by atoms with van der Waals surface area (Å²) in [5, 5.41) is 11.6. The number of ketones is 1. The standard InChI is InChI=1S/C26H24ClNO5/c1-15(2)14-32-20-10-8-17(9-11-20)24(29)22-23(21-12-7-16(3)33-21)28(26(31)25(22)30)19-6-4-5-18(27)13-19/h4-13,15,23,29H,14H2,1-3H3/b24-22-. The summed E-state index contributed by atoms with van der Waals surface area (Å²) < 4.78 is 11.5. The zero-order valence-corrected chi connectivity index (χ0v) is 19.3. The molecule has 0 aliphatic carbocycles. The van der Waals surface area contributed by atoms with Gasteiger partial charge in [-0.05, 0) is 67.4 Å². The Balaban J connectivity index is 1.80. The van der Waals surface area contributed by atoms with E-state index in [2.05, 4.69) is 13.8 Å². The molecule has 1 N–H and O–H groups in total. The molecule has 1 fully saturated rings. The lowest BCUT2D eigenvalue weighted by atomic mass is 9.99. The molecule has 2 aromatic carbocycles. The Kier molecular flexibility index (Phi) is 6.29. The van der Waals surface area contributed by atoms with Gasteiger partial charge in [0.25, 0.3) is 11.7 Å². The minimum Gasteiger partial charge on any atom is -0.507 e. The third-order valence-electron chi connectivity index (χ3n) is 5.27. The molecule has 1 aliphatic rings. The van der Waals surface area contributed by atoms with Crippen LogP contribution in [0, 0.1) is 12.8 Å². The molecule has 0 spiro atoms. The molecule has 1 amide bonds. The molecule has 1 atom stereocenters. The fourth-order valence-corrected chi connectivity index (χ4v) is 3.91. The number of carbonyl (C=O) groups excluding carboxylic acids is 2. The molecule has 1 aliphatic heterocycles. The molecule has 6 nitrogen and oxygen atoms in total. The number of aryl methyl sites for hydroxylation is 1. The van der Waals surface area contributed by atoms with Crippen LogP contribution in [0.3, 0.4) is 0 Å². The number of amides is 1. The van der Waals surface area contributed by atoms with Crippen molar-refractivity contribution in [3.05, 3.63) is 88.3 Å². The van der Waals surface area contributed by atoms with Gasteiger partial charge in [-0.3, -0.25) is 14.5 Å². The molecule has 1 unspecified atom stereocenters. The Morgan fingerprint density at radius 1 is 1.12 bits per heavy atom. The predicted octanol–water partition coefficient (Wildman–Crippen LogP) is 5.90. The number of anilines is 1. The molecule has 0 bridgehead atoms. The molecule has 170 valence electrons. The van der Waals surface area contributed by atoms with Crippen LogP contribution in [0.2, 0.25) is 5.02 Å². The number of benzene rings is 2. The van der Waals surface area contributed by atoms with E-state index in [1.807, 2.05) is 0 Å². The van der Waals surface area contributed by atoms with Crippen molar-refractivity contribution in [2.24, 2.45) is 5.92 Å². The van der Waals surface area contributed by atoms with E-state index < -0.39 is 17.7 Å². The smallest absolute Gasteiger partial charge is 0.300 e. The quantitative estimate of drug-likeness (QED) is 0.278. The van der Waals surface area contributed by atoms with Gasteiger partial charge in [-0.25, -0.2) is 0 Å². The van der Waals surface area contributed by atoms with Crippen LogP contribution in [0.5, 0.6) is 5.75 Å². The molecule has 2 heterocycles. The molecule has 0 saturated carbocycles. The Morgan fingerprint density at radius 2 is 1.85 bits per heavy atom. The molecule has 3 aromatic rings. The summed E-state index contributed by atoms with van der Waals surface area (Å²) in [7, 11) is 0. The fraction of sp³-hybridized carbons (Fsp3) is 0.231. The summed E-state index contributed by atoms with van der Waals surface area (Å²) in [6.07, 6.45) is 0. The number of rotatable bonds is 6. The molecular formula is C26H24ClNO5. The highest BCUT2D eigenvalue weighted by atomic mass is 35.5. The van der Waals surface area contributed by atoms with Crippen LogP contribution >= 0.6 is 11.6 Å². The van der Waals surface area contributed by atoms with Crippen molar-refractivity contribution in [2.45, 2.75) is 26.8 Å². The average molecular weight is 466 g/mol. The van der Waals surface area contributed by atoms with E-state index in [0.29, 0.717) is 46.1 Å². The first-order valence-electron chi connectivity index (χ1n) is 10.6. The van der Waals surface area contributed by atoms with Gasteiger partial charge in [-0.15, -0.1) is 0 Å². The highest BCUT2D eigenvalue weighted by molar-refractivity contribution is 6.51. The van der Waals surface area contributed by atoms with E-state index in [0.717, 1.165) is 0 Å². The Morgan fingerprint density at radius 3 is 2.45 bits per heavy atom. The Labute approximate surface area is 197 Å². The van der Waals surface area contributed by atoms with Crippen LogP contribution in [0.1, 0.15) is 37.0 Å². The number of carbonyl (C=O) groups is 2. The van der Waals surface area contributed by atoms with Crippen molar-refractivity contribution in [1.29, 1.82) is 0 Å². The lowest BCUT2D eigenvalue weighted by Crippen LogP contribution is -2.29. The number of ether oxygens (including phenoxy) is 1. The third-order valence-corrected chi connectivity index (χ3v) is 5.51. The number of nitrogens with zero attached hydrogens (tertiary/aromatic N) is 1. The van der Waals surface area contributed by atoms with E-state index in [4.69, 9.17) is 20.8 Å². The van der Waals surface area contributed by atoms with Crippen LogP contribution in [0.25, 0.3) is 5.76 Å². The number of halogens is 1. The first-order valence-corrected chi connectivity index (χ1v) is 11.0. The minimum absolute atomic E-state index is 0.0508. The van der Waals surface area contributed by atoms with Gasteiger partial charge in [0.15, 0.2) is 0 Å². The fourth-order valence-electron chi connectivity index (χ4n) is 3.72. The lowest BCUT2D eigenvalue weighted by Gasteiger charge is -2.23. The number of hydrogen-bond donors (Lipinski definition) is 1. The van der Waals surface area contributed by atoms with Gasteiger partial charge in [-0.1, -0.05) is 31.5 Å². The lowest BCUT2D eigenvalue weighted by molar-refractivity contribution is -0.132. The first-order chi connectivity index (χ1) is 15.8. The largest absolute Gasteiger partial charge is 0.507 e. The van der Waals surface area contributed by atoms with Gasteiger partial charge < -0.3 is 14.3 Å². The first kappa shape index (κ1) is 22.7. The molecular weight excluding hydrogens is 442 g/mol. The number of aliphatic hydroxyl groups excluding tert-OH is 1. The summed E-state index contributed by atoms with van der Waals surface area (Å²) in [4.78, 5) is 27.5. The zero-order chi connectivity index (χ0) is 23.7. The Bertz CT molecular complexity index is 1230. The van der Waals surface area contributed by atoms with Crippen molar-refractivity contribution in [3.63, 3.8) is 0 Å². The summed E-state index contributed by atoms with van der Waals surface area (Å²) in [6, 6.07) is 15.9. The van der Waals surface area contributed by atoms with Crippen molar-refractivity contribution < 1.29 is 23.8 Å². The summed E-state index contributed by atoms with van der Waals surface area (Å²) in [5.41, 5.74) is 0.773. The van der Waals surface area contributed by atoms with Gasteiger partial charge in [0.05, 0.1) is 12.2 Å². The normalized spacial score (nSPS) is 17.7. The second-order valence-electron chi connectivity index (χ2n) is 8.33. The predicted molar refractivity (Wildman–Crippen MR) is 126 cm³/mol. The van der Waals surface area contributed by atoms with Crippen molar-refractivity contribution in [1.82, 2.24) is 0 Å². The van der Waals surface area contributed by atoms with Crippen molar-refractivity contribution in [2.75, 3.05) is 11.5 Å². The summed E-state index contributed by atoms with van der Waals surface area (Å²) in [6.45, 7) is 6.43. The van der Waals surface area contributed by atoms with E-state index in [9.17, 15) is 14.7 Å². The van der Waals surface area contributed by atoms with Gasteiger partial charge in [0.2, 0.25) is 0 Å². The summed E-state index contributed by atoms with van der Waals surface area (Å²) in [5.74, 6) is 0.155. The maximum atomic E-state index is 13.1. The van der Waals surface area contributed by atoms with E-state index in [-0.39, 0.29) is 11.3 Å². The molecule has 33 heavy (non-hydrogen) atoms. The van der Waals surface area contributed by atoms with Crippen molar-refractivity contribution in [3.8, 4) is 5.75 Å². The number of aliphatic hydroxyl groups is 1. The maximum absolute atomic E-state index is 13.1. The van der Waals surface area contributed by atoms with Crippen LogP contribution < -0.4 is 9.64 Å². The Hall–Kier alpha value is -3.51. The third kappa shape index (κ3) is 4.52. The average Bonchev–Trinajstić information content (AvgIpc) is 3.33. The second kappa shape index (κ2) is 9.16. The highest BCUT2D eigenvalue weighted by Crippen LogP contribution is 2.43. The van der Waals surface area contributed by atoms with Crippen LogP contribution in [0.4, 0.5) is 5.69 Å². The number of Topliss-reactive ketones (excluding diaryl/α,β-unsaturated/α-hetero) is 1. The number of furan rings is 1. The molecule has 0 radical (unpaired) electrons. The van der Waals surface area contributed by atoms with E-state index >= 15 is 0 Å². The second-order valence-corrected chi connectivity index (χ2v) is 8.76. The monoisotopic (exact) mass is 465 g/mol. The topological polar surface area (TPSA) is 80.0 Å². The molecule has 7 heteroatoms. The highest BCUT2D eigenvalue weighted by Gasteiger charge is 2.48. The molecule has 1 saturated heterocycles.